The molecule has 8 heteroatoms. The van der Waals surface area contributed by atoms with Gasteiger partial charge in [0.15, 0.2) is 0 Å². The molecule has 1 aliphatic rings. The van der Waals surface area contributed by atoms with Crippen molar-refractivity contribution in [2.24, 2.45) is 0 Å². The van der Waals surface area contributed by atoms with Crippen LogP contribution in [-0.4, -0.2) is 38.8 Å². The number of amides is 1. The molecule has 3 rings (SSSR count). The lowest BCUT2D eigenvalue weighted by Crippen LogP contribution is -2.35. The van der Waals surface area contributed by atoms with Crippen molar-refractivity contribution in [2.75, 3.05) is 23.7 Å². The fraction of sp³-hybridized carbons (Fsp3) is 0.353. The SMILES string of the molecule is CS(=O)(=O)N1CCCc2cc(C(=O)NCC(O)c3ccco3)ccc21. The van der Waals surface area contributed by atoms with Crippen LogP contribution in [0.2, 0.25) is 0 Å². The highest BCUT2D eigenvalue weighted by Gasteiger charge is 2.24. The fourth-order valence-corrected chi connectivity index (χ4v) is 3.92. The van der Waals surface area contributed by atoms with Gasteiger partial charge in [-0.15, -0.1) is 0 Å². The van der Waals surface area contributed by atoms with E-state index in [0.29, 0.717) is 30.0 Å². The Morgan fingerprint density at radius 2 is 2.20 bits per heavy atom. The maximum Gasteiger partial charge on any atom is 0.251 e. The second kappa shape index (κ2) is 6.89. The maximum absolute atomic E-state index is 12.3. The molecular weight excluding hydrogens is 344 g/mol. The van der Waals surface area contributed by atoms with Crippen molar-refractivity contribution in [3.05, 3.63) is 53.5 Å². The molecule has 0 spiro atoms. The van der Waals surface area contributed by atoms with Crippen LogP contribution < -0.4 is 9.62 Å². The van der Waals surface area contributed by atoms with Gasteiger partial charge < -0.3 is 14.8 Å². The molecule has 25 heavy (non-hydrogen) atoms. The summed E-state index contributed by atoms with van der Waals surface area (Å²) in [5, 5.41) is 12.6. The maximum atomic E-state index is 12.3. The molecule has 1 aliphatic heterocycles. The normalized spacial score (nSPS) is 15.5. The molecule has 7 nitrogen and oxygen atoms in total. The highest BCUT2D eigenvalue weighted by molar-refractivity contribution is 7.92. The molecule has 0 saturated heterocycles. The van der Waals surface area contributed by atoms with Gasteiger partial charge >= 0.3 is 0 Å². The van der Waals surface area contributed by atoms with Gasteiger partial charge in [0.05, 0.1) is 24.8 Å². The number of nitrogens with one attached hydrogen (secondary N) is 1. The zero-order valence-corrected chi connectivity index (χ0v) is 14.6. The number of sulfonamides is 1. The van der Waals surface area contributed by atoms with Crippen molar-refractivity contribution < 1.29 is 22.7 Å². The van der Waals surface area contributed by atoms with E-state index in [1.54, 1.807) is 30.3 Å². The topological polar surface area (TPSA) is 99.9 Å². The first-order valence-corrected chi connectivity index (χ1v) is 9.81. The van der Waals surface area contributed by atoms with Crippen LogP contribution >= 0.6 is 0 Å². The third-order valence-electron chi connectivity index (χ3n) is 4.15. The van der Waals surface area contributed by atoms with E-state index in [1.165, 1.54) is 16.8 Å². The second-order valence-corrected chi connectivity index (χ2v) is 7.93. The smallest absolute Gasteiger partial charge is 0.251 e. The third kappa shape index (κ3) is 3.85. The van der Waals surface area contributed by atoms with Gasteiger partial charge in [0.25, 0.3) is 5.91 Å². The van der Waals surface area contributed by atoms with Crippen LogP contribution in [0.15, 0.2) is 41.0 Å². The molecule has 1 atom stereocenters. The molecule has 0 fully saturated rings. The highest BCUT2D eigenvalue weighted by atomic mass is 32.2. The molecule has 134 valence electrons. The highest BCUT2D eigenvalue weighted by Crippen LogP contribution is 2.29. The molecule has 2 heterocycles. The zero-order valence-electron chi connectivity index (χ0n) is 13.8. The Morgan fingerprint density at radius 1 is 1.40 bits per heavy atom. The van der Waals surface area contributed by atoms with Crippen molar-refractivity contribution >= 4 is 21.6 Å². The van der Waals surface area contributed by atoms with E-state index >= 15 is 0 Å². The van der Waals surface area contributed by atoms with E-state index in [4.69, 9.17) is 4.42 Å². The summed E-state index contributed by atoms with van der Waals surface area (Å²) in [5.41, 5.74) is 1.89. The van der Waals surface area contributed by atoms with Gasteiger partial charge in [-0.3, -0.25) is 9.10 Å². The van der Waals surface area contributed by atoms with Crippen LogP contribution in [0.1, 0.15) is 34.2 Å². The summed E-state index contributed by atoms with van der Waals surface area (Å²) < 4.78 is 30.2. The summed E-state index contributed by atoms with van der Waals surface area (Å²) >= 11 is 0. The van der Waals surface area contributed by atoms with Crippen LogP contribution in [0.3, 0.4) is 0 Å². The second-order valence-electron chi connectivity index (χ2n) is 6.02. The number of benzene rings is 1. The van der Waals surface area contributed by atoms with Crippen LogP contribution in [0, 0.1) is 0 Å². The van der Waals surface area contributed by atoms with Crippen LogP contribution in [0.4, 0.5) is 5.69 Å². The minimum atomic E-state index is -3.33. The first-order chi connectivity index (χ1) is 11.9. The van der Waals surface area contributed by atoms with Gasteiger partial charge in [0.1, 0.15) is 11.9 Å². The number of aliphatic hydroxyl groups excluding tert-OH is 1. The fourth-order valence-electron chi connectivity index (χ4n) is 2.92. The van der Waals surface area contributed by atoms with Gasteiger partial charge in [-0.1, -0.05) is 0 Å². The largest absolute Gasteiger partial charge is 0.467 e. The number of furan rings is 1. The molecule has 0 bridgehead atoms. The number of fused-ring (bicyclic) bond motifs is 1. The van der Waals surface area contributed by atoms with Crippen molar-refractivity contribution in [3.63, 3.8) is 0 Å². The average Bonchev–Trinajstić information content (AvgIpc) is 3.12. The first kappa shape index (κ1) is 17.5. The van der Waals surface area contributed by atoms with E-state index in [0.717, 1.165) is 12.0 Å². The molecule has 0 radical (unpaired) electrons. The standard InChI is InChI=1S/C17H20N2O5S/c1-25(22,23)19-8-2-4-12-10-13(6-7-14(12)19)17(21)18-11-15(20)16-5-3-9-24-16/h3,5-7,9-10,15,20H,2,4,8,11H2,1H3,(H,18,21). The molecule has 1 amide bonds. The lowest BCUT2D eigenvalue weighted by Gasteiger charge is -2.29. The summed E-state index contributed by atoms with van der Waals surface area (Å²) in [6, 6.07) is 8.26. The van der Waals surface area contributed by atoms with Gasteiger partial charge in [-0.05, 0) is 48.7 Å². The first-order valence-electron chi connectivity index (χ1n) is 7.96. The van der Waals surface area contributed by atoms with E-state index in [1.807, 2.05) is 0 Å². The Morgan fingerprint density at radius 3 is 2.88 bits per heavy atom. The van der Waals surface area contributed by atoms with E-state index in [2.05, 4.69) is 5.32 Å². The van der Waals surface area contributed by atoms with Crippen LogP contribution in [0.25, 0.3) is 0 Å². The molecule has 0 aliphatic carbocycles. The van der Waals surface area contributed by atoms with E-state index in [9.17, 15) is 18.3 Å². The van der Waals surface area contributed by atoms with Crippen molar-refractivity contribution in [2.45, 2.75) is 18.9 Å². The van der Waals surface area contributed by atoms with Crippen molar-refractivity contribution in [1.29, 1.82) is 0 Å². The molecule has 1 unspecified atom stereocenters. The Kier molecular flexibility index (Phi) is 4.82. The molecule has 2 N–H and O–H groups in total. The number of aliphatic hydroxyl groups is 1. The minimum absolute atomic E-state index is 0.0267. The average molecular weight is 364 g/mol. The van der Waals surface area contributed by atoms with Crippen molar-refractivity contribution in [3.8, 4) is 0 Å². The summed E-state index contributed by atoms with van der Waals surface area (Å²) in [7, 11) is -3.33. The lowest BCUT2D eigenvalue weighted by atomic mass is 10.0. The third-order valence-corrected chi connectivity index (χ3v) is 5.33. The molecule has 1 aromatic heterocycles. The summed E-state index contributed by atoms with van der Waals surface area (Å²) in [5.74, 6) is 0.0550. The Hall–Kier alpha value is -2.32. The van der Waals surface area contributed by atoms with Crippen LogP contribution in [0.5, 0.6) is 0 Å². The molecular formula is C17H20N2O5S. The molecule has 2 aromatic rings. The Bertz CT molecular complexity index is 861. The van der Waals surface area contributed by atoms with Gasteiger partial charge in [0.2, 0.25) is 10.0 Å². The molecule has 1 aromatic carbocycles. The van der Waals surface area contributed by atoms with Gasteiger partial charge in [-0.25, -0.2) is 8.42 Å². The quantitative estimate of drug-likeness (QED) is 0.837. The van der Waals surface area contributed by atoms with E-state index in [-0.39, 0.29) is 12.5 Å². The minimum Gasteiger partial charge on any atom is -0.467 e. The summed E-state index contributed by atoms with van der Waals surface area (Å²) in [6.45, 7) is 0.478. The van der Waals surface area contributed by atoms with Crippen molar-refractivity contribution in [1.82, 2.24) is 5.32 Å². The van der Waals surface area contributed by atoms with Gasteiger partial charge in [0, 0.05) is 12.1 Å². The summed E-state index contributed by atoms with van der Waals surface area (Å²) in [4.78, 5) is 12.3. The number of nitrogens with zero attached hydrogens (tertiary/aromatic N) is 1. The van der Waals surface area contributed by atoms with Gasteiger partial charge in [-0.2, -0.15) is 0 Å². The van der Waals surface area contributed by atoms with Crippen LogP contribution in [-0.2, 0) is 16.4 Å². The number of anilines is 1. The predicted octanol–water partition coefficient (Wildman–Crippen LogP) is 1.46. The number of carbonyl (C=O) groups is 1. The number of carbonyl (C=O) groups excluding carboxylic acids is 1. The Balaban J connectivity index is 1.72. The molecule has 0 saturated carbocycles. The number of hydrogen-bond donors (Lipinski definition) is 2. The predicted molar refractivity (Wildman–Crippen MR) is 93.0 cm³/mol. The number of rotatable bonds is 5. The monoisotopic (exact) mass is 364 g/mol. The summed E-state index contributed by atoms with van der Waals surface area (Å²) in [6.07, 6.45) is 3.15. The van der Waals surface area contributed by atoms with E-state index < -0.39 is 16.1 Å². The number of hydrogen-bond acceptors (Lipinski definition) is 5. The number of aryl methyl sites for hydroxylation is 1. The zero-order chi connectivity index (χ0) is 18.0. The Labute approximate surface area is 146 Å². The lowest BCUT2D eigenvalue weighted by molar-refractivity contribution is 0.0901.